The maximum atomic E-state index is 13.4. The molecule has 35 heavy (non-hydrogen) atoms. The standard InChI is InChI=1S/C30H29N3OS/c1-5-32-29(34)27(35-30(32)31-28-20(2)12-11-13-21(28)3)18-25-22(4)33(19-23-14-7-6-8-15-23)26-17-10-9-16-24(25)26/h6-18H,5,19H2,1-4H3/b27-18+,31-30?. The molecular weight excluding hydrogens is 450 g/mol. The van der Waals surface area contributed by atoms with Crippen LogP contribution in [0.15, 0.2) is 82.7 Å². The molecule has 1 aliphatic heterocycles. The zero-order valence-corrected chi connectivity index (χ0v) is 21.4. The second-order valence-corrected chi connectivity index (χ2v) is 9.89. The molecule has 0 radical (unpaired) electrons. The van der Waals surface area contributed by atoms with E-state index in [-0.39, 0.29) is 5.91 Å². The number of aliphatic imine (C=N–C) groups is 1. The Hall–Kier alpha value is -3.57. The molecule has 1 aliphatic rings. The maximum absolute atomic E-state index is 13.4. The number of para-hydroxylation sites is 2. The van der Waals surface area contributed by atoms with Gasteiger partial charge < -0.3 is 4.57 Å². The molecule has 4 nitrogen and oxygen atoms in total. The number of hydrogen-bond donors (Lipinski definition) is 0. The fourth-order valence-corrected chi connectivity index (χ4v) is 5.72. The molecule has 2 heterocycles. The Balaban J connectivity index is 1.58. The summed E-state index contributed by atoms with van der Waals surface area (Å²) in [6.07, 6.45) is 2.06. The smallest absolute Gasteiger partial charge is 0.266 e. The fraction of sp³-hybridized carbons (Fsp3) is 0.200. The van der Waals surface area contributed by atoms with Gasteiger partial charge in [-0.2, -0.15) is 0 Å². The number of aromatic nitrogens is 1. The second-order valence-electron chi connectivity index (χ2n) is 8.88. The summed E-state index contributed by atoms with van der Waals surface area (Å²) in [4.78, 5) is 20.8. The Morgan fingerprint density at radius 3 is 2.29 bits per heavy atom. The Kier molecular flexibility index (Phi) is 6.35. The number of thioether (sulfide) groups is 1. The summed E-state index contributed by atoms with van der Waals surface area (Å²) < 4.78 is 2.34. The first kappa shape index (κ1) is 23.2. The van der Waals surface area contributed by atoms with Crippen LogP contribution in [0.1, 0.15) is 34.9 Å². The quantitative estimate of drug-likeness (QED) is 0.283. The second kappa shape index (κ2) is 9.59. The molecule has 0 spiro atoms. The van der Waals surface area contributed by atoms with Crippen molar-refractivity contribution in [2.24, 2.45) is 4.99 Å². The van der Waals surface area contributed by atoms with Crippen LogP contribution in [0.3, 0.4) is 0 Å². The van der Waals surface area contributed by atoms with Gasteiger partial charge in [0.2, 0.25) is 0 Å². The van der Waals surface area contributed by atoms with E-state index >= 15 is 0 Å². The summed E-state index contributed by atoms with van der Waals surface area (Å²) in [5.74, 6) is 0.0155. The van der Waals surface area contributed by atoms with E-state index in [4.69, 9.17) is 4.99 Å². The summed E-state index contributed by atoms with van der Waals surface area (Å²) in [6, 6.07) is 25.1. The summed E-state index contributed by atoms with van der Waals surface area (Å²) in [7, 11) is 0. The topological polar surface area (TPSA) is 37.6 Å². The molecule has 0 N–H and O–H groups in total. The number of rotatable bonds is 5. The fourth-order valence-electron chi connectivity index (χ4n) is 4.69. The van der Waals surface area contributed by atoms with E-state index in [0.717, 1.165) is 45.2 Å². The third-order valence-electron chi connectivity index (χ3n) is 6.59. The van der Waals surface area contributed by atoms with Crippen LogP contribution in [-0.4, -0.2) is 27.1 Å². The number of amides is 1. The van der Waals surface area contributed by atoms with E-state index in [1.54, 1.807) is 4.90 Å². The molecule has 5 rings (SSSR count). The van der Waals surface area contributed by atoms with Gasteiger partial charge in [-0.25, -0.2) is 4.99 Å². The molecule has 0 aliphatic carbocycles. The number of hydrogen-bond acceptors (Lipinski definition) is 3. The zero-order chi connectivity index (χ0) is 24.5. The van der Waals surface area contributed by atoms with Crippen LogP contribution in [0, 0.1) is 20.8 Å². The van der Waals surface area contributed by atoms with Crippen molar-refractivity contribution in [3.8, 4) is 0 Å². The van der Waals surface area contributed by atoms with Gasteiger partial charge in [0.05, 0.1) is 10.6 Å². The lowest BCUT2D eigenvalue weighted by Gasteiger charge is -2.13. The van der Waals surface area contributed by atoms with Gasteiger partial charge in [-0.3, -0.25) is 9.69 Å². The first-order valence-electron chi connectivity index (χ1n) is 12.0. The molecule has 3 aromatic carbocycles. The van der Waals surface area contributed by atoms with Crippen LogP contribution in [0.2, 0.25) is 0 Å². The summed E-state index contributed by atoms with van der Waals surface area (Å²) in [5.41, 5.74) is 7.83. The molecular formula is C30H29N3OS. The number of nitrogens with zero attached hydrogens (tertiary/aromatic N) is 3. The molecule has 1 saturated heterocycles. The third-order valence-corrected chi connectivity index (χ3v) is 7.60. The van der Waals surface area contributed by atoms with Crippen molar-refractivity contribution in [3.05, 3.63) is 106 Å². The van der Waals surface area contributed by atoms with Crippen LogP contribution in [0.5, 0.6) is 0 Å². The Morgan fingerprint density at radius 2 is 1.57 bits per heavy atom. The van der Waals surface area contributed by atoms with Crippen molar-refractivity contribution in [3.63, 3.8) is 0 Å². The van der Waals surface area contributed by atoms with E-state index in [0.29, 0.717) is 11.4 Å². The minimum atomic E-state index is 0.0155. The van der Waals surface area contributed by atoms with Crippen molar-refractivity contribution in [1.29, 1.82) is 0 Å². The largest absolute Gasteiger partial charge is 0.340 e. The van der Waals surface area contributed by atoms with Crippen molar-refractivity contribution >= 4 is 45.5 Å². The third kappa shape index (κ3) is 4.32. The highest BCUT2D eigenvalue weighted by Gasteiger charge is 2.33. The van der Waals surface area contributed by atoms with Gasteiger partial charge in [0.15, 0.2) is 5.17 Å². The van der Waals surface area contributed by atoms with Gasteiger partial charge in [0, 0.05) is 35.2 Å². The molecule has 176 valence electrons. The van der Waals surface area contributed by atoms with Crippen molar-refractivity contribution in [1.82, 2.24) is 9.47 Å². The first-order valence-corrected chi connectivity index (χ1v) is 12.8. The highest BCUT2D eigenvalue weighted by atomic mass is 32.2. The zero-order valence-electron chi connectivity index (χ0n) is 20.6. The number of aryl methyl sites for hydroxylation is 2. The van der Waals surface area contributed by atoms with E-state index in [9.17, 15) is 4.79 Å². The molecule has 0 saturated carbocycles. The SMILES string of the molecule is CCN1C(=O)/C(=C\c2c(C)n(Cc3ccccc3)c3ccccc23)SC1=Nc1c(C)cccc1C. The lowest BCUT2D eigenvalue weighted by atomic mass is 10.1. The average Bonchev–Trinajstić information content (AvgIpc) is 3.30. The van der Waals surface area contributed by atoms with Gasteiger partial charge in [0.25, 0.3) is 5.91 Å². The van der Waals surface area contributed by atoms with Crippen LogP contribution < -0.4 is 0 Å². The number of fused-ring (bicyclic) bond motifs is 1. The van der Waals surface area contributed by atoms with Crippen LogP contribution >= 0.6 is 11.8 Å². The number of carbonyl (C=O) groups excluding carboxylic acids is 1. The summed E-state index contributed by atoms with van der Waals surface area (Å²) in [6.45, 7) is 9.64. The maximum Gasteiger partial charge on any atom is 0.266 e. The monoisotopic (exact) mass is 479 g/mol. The molecule has 0 bridgehead atoms. The van der Waals surface area contributed by atoms with E-state index < -0.39 is 0 Å². The van der Waals surface area contributed by atoms with Crippen molar-refractivity contribution in [2.75, 3.05) is 6.54 Å². The summed E-state index contributed by atoms with van der Waals surface area (Å²) >= 11 is 1.47. The van der Waals surface area contributed by atoms with Gasteiger partial charge in [0.1, 0.15) is 0 Å². The van der Waals surface area contributed by atoms with Crippen LogP contribution in [-0.2, 0) is 11.3 Å². The lowest BCUT2D eigenvalue weighted by Crippen LogP contribution is -2.28. The molecule has 1 aromatic heterocycles. The highest BCUT2D eigenvalue weighted by molar-refractivity contribution is 8.18. The number of amidine groups is 1. The van der Waals surface area contributed by atoms with E-state index in [1.165, 1.54) is 22.8 Å². The molecule has 5 heteroatoms. The predicted molar refractivity (Wildman–Crippen MR) is 148 cm³/mol. The van der Waals surface area contributed by atoms with E-state index in [1.807, 2.05) is 19.1 Å². The number of carbonyl (C=O) groups is 1. The van der Waals surface area contributed by atoms with Crippen LogP contribution in [0.4, 0.5) is 5.69 Å². The minimum absolute atomic E-state index is 0.0155. The molecule has 4 aromatic rings. The Labute approximate surface area is 211 Å². The molecule has 1 fully saturated rings. The van der Waals surface area contributed by atoms with Gasteiger partial charge in [-0.05, 0) is 68.3 Å². The van der Waals surface area contributed by atoms with Gasteiger partial charge in [-0.15, -0.1) is 0 Å². The van der Waals surface area contributed by atoms with Gasteiger partial charge >= 0.3 is 0 Å². The molecule has 1 amide bonds. The van der Waals surface area contributed by atoms with E-state index in [2.05, 4.69) is 92.1 Å². The molecule has 0 unspecified atom stereocenters. The van der Waals surface area contributed by atoms with Crippen molar-refractivity contribution in [2.45, 2.75) is 34.2 Å². The predicted octanol–water partition coefficient (Wildman–Crippen LogP) is 7.24. The Morgan fingerprint density at radius 1 is 0.886 bits per heavy atom. The Bertz CT molecular complexity index is 1460. The summed E-state index contributed by atoms with van der Waals surface area (Å²) in [5, 5.41) is 1.90. The minimum Gasteiger partial charge on any atom is -0.340 e. The molecule has 0 atom stereocenters. The van der Waals surface area contributed by atoms with Crippen molar-refractivity contribution < 1.29 is 4.79 Å². The highest BCUT2D eigenvalue weighted by Crippen LogP contribution is 2.37. The lowest BCUT2D eigenvalue weighted by molar-refractivity contribution is -0.122. The van der Waals surface area contributed by atoms with Gasteiger partial charge in [-0.1, -0.05) is 66.7 Å². The number of benzene rings is 3. The average molecular weight is 480 g/mol. The van der Waals surface area contributed by atoms with Crippen LogP contribution in [0.25, 0.3) is 17.0 Å². The normalized spacial score (nSPS) is 16.2. The first-order chi connectivity index (χ1) is 17.0. The number of likely N-dealkylation sites (N-methyl/N-ethyl adjacent to an activating group) is 1.